The topological polar surface area (TPSA) is 72.2 Å². The molecule has 0 aliphatic heterocycles. The highest BCUT2D eigenvalue weighted by Crippen LogP contribution is 2.25. The standard InChI is InChI=1S/C19H17N5OS/c1-12(2)19(25)20-14-6-3-5-13(11-14)15-8-9-17-21-22-18(24(17)23-15)16-7-4-10-26-16/h3-12H,1-2H3,(H,20,25). The summed E-state index contributed by atoms with van der Waals surface area (Å²) in [5, 5.41) is 18.1. The van der Waals surface area contributed by atoms with E-state index in [1.54, 1.807) is 15.9 Å². The smallest absolute Gasteiger partial charge is 0.226 e. The Kier molecular flexibility index (Phi) is 4.22. The van der Waals surface area contributed by atoms with Crippen LogP contribution in [0, 0.1) is 5.92 Å². The molecule has 1 N–H and O–H groups in total. The predicted molar refractivity (Wildman–Crippen MR) is 103 cm³/mol. The lowest BCUT2D eigenvalue weighted by Crippen LogP contribution is -2.17. The van der Waals surface area contributed by atoms with E-state index < -0.39 is 0 Å². The van der Waals surface area contributed by atoms with E-state index in [1.165, 1.54) is 0 Å². The van der Waals surface area contributed by atoms with Crippen molar-refractivity contribution in [1.29, 1.82) is 0 Å². The highest BCUT2D eigenvalue weighted by molar-refractivity contribution is 7.13. The number of hydrogen-bond acceptors (Lipinski definition) is 5. The van der Waals surface area contributed by atoms with Gasteiger partial charge in [-0.05, 0) is 35.7 Å². The Labute approximate surface area is 154 Å². The molecule has 0 saturated carbocycles. The normalized spacial score (nSPS) is 11.2. The van der Waals surface area contributed by atoms with Gasteiger partial charge in [0.1, 0.15) is 0 Å². The Hall–Kier alpha value is -3.06. The van der Waals surface area contributed by atoms with Gasteiger partial charge in [0, 0.05) is 17.2 Å². The van der Waals surface area contributed by atoms with Crippen molar-refractivity contribution in [3.05, 3.63) is 53.9 Å². The largest absolute Gasteiger partial charge is 0.326 e. The summed E-state index contributed by atoms with van der Waals surface area (Å²) in [4.78, 5) is 12.9. The molecule has 4 rings (SSSR count). The lowest BCUT2D eigenvalue weighted by atomic mass is 10.1. The fraction of sp³-hybridized carbons (Fsp3) is 0.158. The van der Waals surface area contributed by atoms with E-state index in [1.807, 2.05) is 67.8 Å². The quantitative estimate of drug-likeness (QED) is 0.592. The molecule has 0 atom stereocenters. The summed E-state index contributed by atoms with van der Waals surface area (Å²) in [6.07, 6.45) is 0. The first-order valence-electron chi connectivity index (χ1n) is 8.29. The number of thiophene rings is 1. The van der Waals surface area contributed by atoms with Crippen LogP contribution in [0.15, 0.2) is 53.9 Å². The van der Waals surface area contributed by atoms with Crippen LogP contribution < -0.4 is 5.32 Å². The molecule has 0 spiro atoms. The molecule has 4 aromatic rings. The monoisotopic (exact) mass is 363 g/mol. The first kappa shape index (κ1) is 16.4. The van der Waals surface area contributed by atoms with Gasteiger partial charge in [0.05, 0.1) is 10.6 Å². The average molecular weight is 363 g/mol. The molecular weight excluding hydrogens is 346 g/mol. The molecule has 0 unspecified atom stereocenters. The maximum Gasteiger partial charge on any atom is 0.226 e. The third-order valence-corrected chi connectivity index (χ3v) is 4.82. The molecule has 1 amide bonds. The summed E-state index contributed by atoms with van der Waals surface area (Å²) in [6.45, 7) is 3.74. The van der Waals surface area contributed by atoms with Gasteiger partial charge < -0.3 is 5.32 Å². The molecular formula is C19H17N5OS. The summed E-state index contributed by atoms with van der Waals surface area (Å²) < 4.78 is 1.75. The van der Waals surface area contributed by atoms with E-state index in [2.05, 4.69) is 15.5 Å². The van der Waals surface area contributed by atoms with Crippen molar-refractivity contribution in [1.82, 2.24) is 19.8 Å². The van der Waals surface area contributed by atoms with Crippen molar-refractivity contribution in [3.63, 3.8) is 0 Å². The van der Waals surface area contributed by atoms with E-state index >= 15 is 0 Å². The summed E-state index contributed by atoms with van der Waals surface area (Å²) >= 11 is 1.60. The maximum absolute atomic E-state index is 11.9. The minimum Gasteiger partial charge on any atom is -0.326 e. The second kappa shape index (κ2) is 6.68. The zero-order chi connectivity index (χ0) is 18.1. The third-order valence-electron chi connectivity index (χ3n) is 3.95. The van der Waals surface area contributed by atoms with Gasteiger partial charge in [0.2, 0.25) is 5.91 Å². The molecule has 0 saturated heterocycles. The summed E-state index contributed by atoms with van der Waals surface area (Å²) in [5.41, 5.74) is 3.15. The summed E-state index contributed by atoms with van der Waals surface area (Å²) in [6, 6.07) is 15.4. The number of nitrogens with one attached hydrogen (secondary N) is 1. The minimum atomic E-state index is -0.0708. The van der Waals surface area contributed by atoms with Crippen LogP contribution in [-0.2, 0) is 4.79 Å². The van der Waals surface area contributed by atoms with E-state index in [4.69, 9.17) is 5.10 Å². The molecule has 3 heterocycles. The van der Waals surface area contributed by atoms with Gasteiger partial charge in [-0.2, -0.15) is 9.61 Å². The van der Waals surface area contributed by atoms with Gasteiger partial charge in [-0.25, -0.2) is 0 Å². The van der Waals surface area contributed by atoms with Crippen molar-refractivity contribution >= 4 is 28.6 Å². The Morgan fingerprint density at radius 3 is 2.77 bits per heavy atom. The van der Waals surface area contributed by atoms with Crippen molar-refractivity contribution < 1.29 is 4.79 Å². The van der Waals surface area contributed by atoms with Crippen molar-refractivity contribution in [2.75, 3.05) is 5.32 Å². The zero-order valence-electron chi connectivity index (χ0n) is 14.4. The fourth-order valence-corrected chi connectivity index (χ4v) is 3.24. The van der Waals surface area contributed by atoms with Crippen LogP contribution in [0.1, 0.15) is 13.8 Å². The highest BCUT2D eigenvalue weighted by atomic mass is 32.1. The zero-order valence-corrected chi connectivity index (χ0v) is 15.2. The minimum absolute atomic E-state index is 0.00986. The molecule has 0 aliphatic carbocycles. The van der Waals surface area contributed by atoms with E-state index in [0.29, 0.717) is 5.65 Å². The number of fused-ring (bicyclic) bond motifs is 1. The molecule has 0 radical (unpaired) electrons. The molecule has 0 bridgehead atoms. The van der Waals surface area contributed by atoms with Gasteiger partial charge in [-0.15, -0.1) is 21.5 Å². The number of carbonyl (C=O) groups is 1. The van der Waals surface area contributed by atoms with Crippen LogP contribution in [-0.4, -0.2) is 25.7 Å². The van der Waals surface area contributed by atoms with E-state index in [0.717, 1.165) is 27.6 Å². The number of anilines is 1. The van der Waals surface area contributed by atoms with Crippen LogP contribution >= 0.6 is 11.3 Å². The number of amides is 1. The molecule has 0 fully saturated rings. The van der Waals surface area contributed by atoms with Gasteiger partial charge in [0.15, 0.2) is 11.5 Å². The van der Waals surface area contributed by atoms with Crippen LogP contribution in [0.25, 0.3) is 27.6 Å². The molecule has 130 valence electrons. The molecule has 26 heavy (non-hydrogen) atoms. The first-order valence-corrected chi connectivity index (χ1v) is 9.17. The van der Waals surface area contributed by atoms with E-state index in [9.17, 15) is 4.79 Å². The van der Waals surface area contributed by atoms with Crippen LogP contribution in [0.4, 0.5) is 5.69 Å². The number of aromatic nitrogens is 4. The summed E-state index contributed by atoms with van der Waals surface area (Å²) in [7, 11) is 0. The molecule has 1 aromatic carbocycles. The number of hydrogen-bond donors (Lipinski definition) is 1. The number of benzene rings is 1. The second-order valence-electron chi connectivity index (χ2n) is 6.21. The van der Waals surface area contributed by atoms with Gasteiger partial charge in [-0.1, -0.05) is 32.0 Å². The molecule has 3 aromatic heterocycles. The molecule has 6 nitrogen and oxygen atoms in total. The first-order chi connectivity index (χ1) is 12.6. The highest BCUT2D eigenvalue weighted by Gasteiger charge is 2.12. The van der Waals surface area contributed by atoms with Gasteiger partial charge in [-0.3, -0.25) is 4.79 Å². The van der Waals surface area contributed by atoms with Crippen LogP contribution in [0.2, 0.25) is 0 Å². The van der Waals surface area contributed by atoms with Crippen molar-refractivity contribution in [2.24, 2.45) is 5.92 Å². The average Bonchev–Trinajstić information content (AvgIpc) is 3.30. The predicted octanol–water partition coefficient (Wildman–Crippen LogP) is 4.11. The van der Waals surface area contributed by atoms with Crippen molar-refractivity contribution in [3.8, 4) is 22.0 Å². The lowest BCUT2D eigenvalue weighted by Gasteiger charge is -2.09. The number of carbonyl (C=O) groups excluding carboxylic acids is 1. The Morgan fingerprint density at radius 2 is 2.00 bits per heavy atom. The number of rotatable bonds is 4. The summed E-state index contributed by atoms with van der Waals surface area (Å²) in [5.74, 6) is 0.643. The van der Waals surface area contributed by atoms with Gasteiger partial charge in [0.25, 0.3) is 0 Å². The number of nitrogens with zero attached hydrogens (tertiary/aromatic N) is 4. The lowest BCUT2D eigenvalue weighted by molar-refractivity contribution is -0.118. The van der Waals surface area contributed by atoms with Crippen molar-refractivity contribution in [2.45, 2.75) is 13.8 Å². The fourth-order valence-electron chi connectivity index (χ4n) is 2.55. The SMILES string of the molecule is CC(C)C(=O)Nc1cccc(-c2ccc3nnc(-c4cccs4)n3n2)c1. The third kappa shape index (κ3) is 3.09. The second-order valence-corrected chi connectivity index (χ2v) is 7.16. The van der Waals surface area contributed by atoms with Crippen LogP contribution in [0.3, 0.4) is 0 Å². The molecule has 7 heteroatoms. The Balaban J connectivity index is 1.73. The van der Waals surface area contributed by atoms with Crippen LogP contribution in [0.5, 0.6) is 0 Å². The molecule has 0 aliphatic rings. The maximum atomic E-state index is 11.9. The Morgan fingerprint density at radius 1 is 1.12 bits per heavy atom. The van der Waals surface area contributed by atoms with E-state index in [-0.39, 0.29) is 11.8 Å². The Bertz CT molecular complexity index is 1070. The van der Waals surface area contributed by atoms with Gasteiger partial charge >= 0.3 is 0 Å².